The zero-order valence-corrected chi connectivity index (χ0v) is 14.1. The van der Waals surface area contributed by atoms with E-state index in [1.165, 1.54) is 0 Å². The van der Waals surface area contributed by atoms with Crippen LogP contribution in [0.25, 0.3) is 0 Å². The van der Waals surface area contributed by atoms with Crippen LogP contribution in [0.4, 0.5) is 0 Å². The molecule has 0 fully saturated rings. The summed E-state index contributed by atoms with van der Waals surface area (Å²) in [5.41, 5.74) is 5.73. The minimum Gasteiger partial charge on any atom is -0.496 e. The van der Waals surface area contributed by atoms with E-state index in [1.54, 1.807) is 18.9 Å². The van der Waals surface area contributed by atoms with Crippen LogP contribution in [0, 0.1) is 11.8 Å². The Bertz CT molecular complexity index is 452. The van der Waals surface area contributed by atoms with Crippen molar-refractivity contribution in [2.24, 2.45) is 17.6 Å². The number of carbonyl (C=O) groups excluding carboxylic acids is 1. The van der Waals surface area contributed by atoms with E-state index >= 15 is 0 Å². The molecule has 4 nitrogen and oxygen atoms in total. The lowest BCUT2D eigenvalue weighted by Gasteiger charge is -2.18. The van der Waals surface area contributed by atoms with Crippen LogP contribution >= 0.6 is 11.8 Å². The van der Waals surface area contributed by atoms with Gasteiger partial charge in [-0.2, -0.15) is 0 Å². The first-order valence-electron chi connectivity index (χ1n) is 7.24. The highest BCUT2D eigenvalue weighted by molar-refractivity contribution is 7.99. The van der Waals surface area contributed by atoms with Crippen molar-refractivity contribution in [1.82, 2.24) is 5.32 Å². The molecule has 0 bridgehead atoms. The summed E-state index contributed by atoms with van der Waals surface area (Å²) in [5, 5.41) is 2.96. The van der Waals surface area contributed by atoms with Gasteiger partial charge in [-0.05, 0) is 25.0 Å². The van der Waals surface area contributed by atoms with Gasteiger partial charge in [-0.25, -0.2) is 0 Å². The molecule has 3 unspecified atom stereocenters. The van der Waals surface area contributed by atoms with Crippen LogP contribution in [-0.4, -0.2) is 31.4 Å². The summed E-state index contributed by atoms with van der Waals surface area (Å²) in [6.07, 6.45) is 0. The molecule has 5 heteroatoms. The third-order valence-electron chi connectivity index (χ3n) is 3.42. The first-order chi connectivity index (χ1) is 9.95. The van der Waals surface area contributed by atoms with Gasteiger partial charge >= 0.3 is 0 Å². The number of thioether (sulfide) groups is 1. The monoisotopic (exact) mass is 310 g/mol. The van der Waals surface area contributed by atoms with Crippen LogP contribution in [0.5, 0.6) is 5.75 Å². The number of amides is 1. The molecule has 0 aliphatic carbocycles. The van der Waals surface area contributed by atoms with Crippen molar-refractivity contribution in [1.29, 1.82) is 0 Å². The van der Waals surface area contributed by atoms with E-state index in [2.05, 4.69) is 12.2 Å². The van der Waals surface area contributed by atoms with Gasteiger partial charge in [0.1, 0.15) is 5.75 Å². The van der Waals surface area contributed by atoms with Gasteiger partial charge in [0.2, 0.25) is 5.91 Å². The van der Waals surface area contributed by atoms with E-state index in [4.69, 9.17) is 10.5 Å². The summed E-state index contributed by atoms with van der Waals surface area (Å²) in [6, 6.07) is 7.85. The molecule has 0 spiro atoms. The van der Waals surface area contributed by atoms with Crippen molar-refractivity contribution >= 4 is 17.7 Å². The number of nitrogens with two attached hydrogens (primary N) is 1. The molecule has 0 saturated heterocycles. The Morgan fingerprint density at radius 1 is 1.33 bits per heavy atom. The number of ether oxygens (including phenoxy) is 1. The van der Waals surface area contributed by atoms with Crippen LogP contribution in [0.3, 0.4) is 0 Å². The number of hydrogen-bond donors (Lipinski definition) is 2. The lowest BCUT2D eigenvalue weighted by Crippen LogP contribution is -2.40. The molecule has 1 aromatic rings. The molecule has 21 heavy (non-hydrogen) atoms. The normalized spacial score (nSPS) is 15.1. The Balaban J connectivity index is 2.37. The van der Waals surface area contributed by atoms with Crippen molar-refractivity contribution in [3.63, 3.8) is 0 Å². The van der Waals surface area contributed by atoms with E-state index in [-0.39, 0.29) is 17.9 Å². The number of para-hydroxylation sites is 1. The van der Waals surface area contributed by atoms with Crippen molar-refractivity contribution in [3.05, 3.63) is 24.3 Å². The smallest absolute Gasteiger partial charge is 0.224 e. The molecule has 0 aliphatic rings. The van der Waals surface area contributed by atoms with Gasteiger partial charge in [-0.3, -0.25) is 4.79 Å². The summed E-state index contributed by atoms with van der Waals surface area (Å²) in [7, 11) is 1.68. The van der Waals surface area contributed by atoms with Gasteiger partial charge < -0.3 is 15.8 Å². The first-order valence-corrected chi connectivity index (χ1v) is 8.23. The molecule has 1 aromatic carbocycles. The van der Waals surface area contributed by atoms with Gasteiger partial charge in [-0.15, -0.1) is 11.8 Å². The number of rotatable bonds is 8. The number of methoxy groups -OCH3 is 1. The maximum Gasteiger partial charge on any atom is 0.224 e. The molecule has 118 valence electrons. The fourth-order valence-corrected chi connectivity index (χ4v) is 2.75. The van der Waals surface area contributed by atoms with Crippen molar-refractivity contribution in [2.45, 2.75) is 31.7 Å². The van der Waals surface area contributed by atoms with E-state index < -0.39 is 0 Å². The number of benzene rings is 1. The molecule has 0 aliphatic heterocycles. The average molecular weight is 310 g/mol. The predicted octanol–water partition coefficient (Wildman–Crippen LogP) is 2.52. The molecule has 0 radical (unpaired) electrons. The molecule has 0 saturated carbocycles. The van der Waals surface area contributed by atoms with Crippen LogP contribution in [0.1, 0.15) is 20.8 Å². The average Bonchev–Trinajstić information content (AvgIpc) is 2.49. The highest BCUT2D eigenvalue weighted by Gasteiger charge is 2.17. The zero-order valence-electron chi connectivity index (χ0n) is 13.3. The van der Waals surface area contributed by atoms with Crippen LogP contribution in [0.2, 0.25) is 0 Å². The quantitative estimate of drug-likeness (QED) is 0.724. The summed E-state index contributed by atoms with van der Waals surface area (Å²) in [5.74, 6) is 2.07. The van der Waals surface area contributed by atoms with Gasteiger partial charge in [-0.1, -0.05) is 26.0 Å². The Morgan fingerprint density at radius 2 is 2.00 bits per heavy atom. The molecular weight excluding hydrogens is 284 g/mol. The Hall–Kier alpha value is -1.20. The van der Waals surface area contributed by atoms with Crippen molar-refractivity contribution in [2.75, 3.05) is 19.4 Å². The van der Waals surface area contributed by atoms with Gasteiger partial charge in [0.15, 0.2) is 0 Å². The Kier molecular flexibility index (Phi) is 7.61. The second-order valence-electron chi connectivity index (χ2n) is 5.46. The molecule has 1 amide bonds. The maximum absolute atomic E-state index is 11.8. The van der Waals surface area contributed by atoms with E-state index in [0.29, 0.717) is 12.5 Å². The van der Waals surface area contributed by atoms with Gasteiger partial charge in [0.05, 0.1) is 7.11 Å². The minimum atomic E-state index is -0.154. The molecule has 1 rings (SSSR count). The first kappa shape index (κ1) is 17.9. The standard InChI is InChI=1S/C16H26N2O2S/c1-11(9-18-16(19)12(2)13(3)17)10-21-15-8-6-5-7-14(15)20-4/h5-8,11-13H,9-10,17H2,1-4H3,(H,18,19). The number of carbonyl (C=O) groups is 1. The third-order valence-corrected chi connectivity index (χ3v) is 4.80. The van der Waals surface area contributed by atoms with Crippen LogP contribution in [0.15, 0.2) is 29.2 Å². The highest BCUT2D eigenvalue weighted by atomic mass is 32.2. The summed E-state index contributed by atoms with van der Waals surface area (Å²) in [6.45, 7) is 6.50. The third kappa shape index (κ3) is 5.98. The summed E-state index contributed by atoms with van der Waals surface area (Å²) in [4.78, 5) is 13.0. The van der Waals surface area contributed by atoms with Gasteiger partial charge in [0.25, 0.3) is 0 Å². The highest BCUT2D eigenvalue weighted by Crippen LogP contribution is 2.29. The van der Waals surface area contributed by atoms with Crippen LogP contribution in [-0.2, 0) is 4.79 Å². The Labute approximate surface area is 131 Å². The molecular formula is C16H26N2O2S. The maximum atomic E-state index is 11.8. The minimum absolute atomic E-state index is 0.0270. The second-order valence-corrected chi connectivity index (χ2v) is 6.52. The number of hydrogen-bond acceptors (Lipinski definition) is 4. The summed E-state index contributed by atoms with van der Waals surface area (Å²) < 4.78 is 5.33. The topological polar surface area (TPSA) is 64.3 Å². The fourth-order valence-electron chi connectivity index (χ4n) is 1.70. The fraction of sp³-hybridized carbons (Fsp3) is 0.562. The number of nitrogens with one attached hydrogen (secondary N) is 1. The Morgan fingerprint density at radius 3 is 2.62 bits per heavy atom. The molecule has 0 heterocycles. The van der Waals surface area contributed by atoms with Crippen molar-refractivity contribution < 1.29 is 9.53 Å². The second kappa shape index (κ2) is 8.95. The van der Waals surface area contributed by atoms with E-state index in [9.17, 15) is 4.79 Å². The SMILES string of the molecule is COc1ccccc1SCC(C)CNC(=O)C(C)C(C)N. The van der Waals surface area contributed by atoms with Crippen LogP contribution < -0.4 is 15.8 Å². The van der Waals surface area contributed by atoms with Crippen molar-refractivity contribution in [3.8, 4) is 5.75 Å². The zero-order chi connectivity index (χ0) is 15.8. The molecule has 3 N–H and O–H groups in total. The lowest BCUT2D eigenvalue weighted by molar-refractivity contribution is -0.125. The van der Waals surface area contributed by atoms with E-state index in [0.717, 1.165) is 16.4 Å². The lowest BCUT2D eigenvalue weighted by atomic mass is 10.0. The summed E-state index contributed by atoms with van der Waals surface area (Å²) >= 11 is 1.75. The molecule has 3 atom stereocenters. The van der Waals surface area contributed by atoms with Gasteiger partial charge in [0, 0.05) is 29.2 Å². The largest absolute Gasteiger partial charge is 0.496 e. The van der Waals surface area contributed by atoms with E-state index in [1.807, 2.05) is 38.1 Å². The molecule has 0 aromatic heterocycles. The predicted molar refractivity (Wildman–Crippen MR) is 88.7 cm³/mol.